The summed E-state index contributed by atoms with van der Waals surface area (Å²) >= 11 is 0. The summed E-state index contributed by atoms with van der Waals surface area (Å²) in [5.74, 6) is -0.870. The molecule has 0 spiro atoms. The molecule has 0 aromatic carbocycles. The van der Waals surface area contributed by atoms with Crippen LogP contribution in [-0.2, 0) is 28.6 Å². The Morgan fingerprint density at radius 2 is 0.506 bits per heavy atom. The van der Waals surface area contributed by atoms with Gasteiger partial charge in [0, 0.05) is 19.3 Å². The minimum Gasteiger partial charge on any atom is -0.462 e. The highest BCUT2D eigenvalue weighted by atomic mass is 16.6. The molecule has 0 bridgehead atoms. The Morgan fingerprint density at radius 1 is 0.273 bits per heavy atom. The lowest BCUT2D eigenvalue weighted by molar-refractivity contribution is -0.167. The van der Waals surface area contributed by atoms with E-state index in [1.165, 1.54) is 193 Å². The van der Waals surface area contributed by atoms with Gasteiger partial charge >= 0.3 is 17.9 Å². The maximum atomic E-state index is 12.9. The summed E-state index contributed by atoms with van der Waals surface area (Å²) < 4.78 is 16.9. The van der Waals surface area contributed by atoms with Crippen LogP contribution in [0.3, 0.4) is 0 Å². The van der Waals surface area contributed by atoms with Gasteiger partial charge in [-0.2, -0.15) is 0 Å². The average molecular weight is 1070 g/mol. The first-order valence-electron chi connectivity index (χ1n) is 33.1. The highest BCUT2D eigenvalue weighted by molar-refractivity contribution is 5.71. The number of esters is 3. The van der Waals surface area contributed by atoms with E-state index < -0.39 is 6.10 Å². The molecule has 1 atom stereocenters. The molecular weight excluding hydrogens is 949 g/mol. The molecule has 0 aliphatic carbocycles. The van der Waals surface area contributed by atoms with Gasteiger partial charge in [-0.3, -0.25) is 14.4 Å². The number of carbonyl (C=O) groups is 3. The smallest absolute Gasteiger partial charge is 0.306 e. The van der Waals surface area contributed by atoms with Gasteiger partial charge in [-0.25, -0.2) is 0 Å². The molecule has 0 radical (unpaired) electrons. The van der Waals surface area contributed by atoms with Crippen molar-refractivity contribution >= 4 is 17.9 Å². The molecule has 0 amide bonds. The van der Waals surface area contributed by atoms with Crippen molar-refractivity contribution in [3.8, 4) is 0 Å². The second-order valence-electron chi connectivity index (χ2n) is 22.0. The Balaban J connectivity index is 4.26. The molecule has 6 nitrogen and oxygen atoms in total. The maximum Gasteiger partial charge on any atom is 0.306 e. The quantitative estimate of drug-likeness (QED) is 0.0261. The van der Waals surface area contributed by atoms with E-state index in [0.717, 1.165) is 96.3 Å². The molecule has 0 saturated carbocycles. The third-order valence-electron chi connectivity index (χ3n) is 14.4. The topological polar surface area (TPSA) is 78.9 Å². The third kappa shape index (κ3) is 63.3. The van der Waals surface area contributed by atoms with E-state index in [4.69, 9.17) is 14.2 Å². The minimum atomic E-state index is -0.779. The number of carbonyl (C=O) groups excluding carboxylic acids is 3. The van der Waals surface area contributed by atoms with E-state index in [1.807, 2.05) is 0 Å². The first-order chi connectivity index (χ1) is 38.0. The van der Waals surface area contributed by atoms with Crippen LogP contribution >= 0.6 is 0 Å². The van der Waals surface area contributed by atoms with Gasteiger partial charge in [-0.1, -0.05) is 298 Å². The van der Waals surface area contributed by atoms with E-state index in [-0.39, 0.29) is 31.1 Å². The van der Waals surface area contributed by atoms with Crippen LogP contribution in [0.1, 0.15) is 329 Å². The molecule has 0 aromatic rings. The zero-order chi connectivity index (χ0) is 55.7. The largest absolute Gasteiger partial charge is 0.462 e. The average Bonchev–Trinajstić information content (AvgIpc) is 3.43. The Labute approximate surface area is 477 Å². The monoisotopic (exact) mass is 1070 g/mol. The summed E-state index contributed by atoms with van der Waals surface area (Å²) in [6.07, 6.45) is 85.9. The number of allylic oxidation sites excluding steroid dienone is 14. The lowest BCUT2D eigenvalue weighted by atomic mass is 10.0. The van der Waals surface area contributed by atoms with E-state index in [1.54, 1.807) is 0 Å². The van der Waals surface area contributed by atoms with Crippen molar-refractivity contribution in [2.75, 3.05) is 13.2 Å². The van der Waals surface area contributed by atoms with Crippen molar-refractivity contribution in [1.82, 2.24) is 0 Å². The predicted molar refractivity (Wildman–Crippen MR) is 334 cm³/mol. The van der Waals surface area contributed by atoms with Gasteiger partial charge in [-0.05, 0) is 96.3 Å². The van der Waals surface area contributed by atoms with Gasteiger partial charge in [-0.15, -0.1) is 0 Å². The summed E-state index contributed by atoms with van der Waals surface area (Å²) in [5, 5.41) is 0. The molecule has 0 aliphatic rings. The van der Waals surface area contributed by atoms with Gasteiger partial charge in [0.25, 0.3) is 0 Å². The van der Waals surface area contributed by atoms with Gasteiger partial charge in [0.1, 0.15) is 13.2 Å². The van der Waals surface area contributed by atoms with Crippen LogP contribution in [-0.4, -0.2) is 37.2 Å². The number of hydrogen-bond acceptors (Lipinski definition) is 6. The van der Waals surface area contributed by atoms with E-state index in [9.17, 15) is 14.4 Å². The molecule has 6 heteroatoms. The molecule has 444 valence electrons. The Bertz CT molecular complexity index is 1470. The summed E-state index contributed by atoms with van der Waals surface area (Å²) in [7, 11) is 0. The Kier molecular flexibility index (Phi) is 62.2. The third-order valence-corrected chi connectivity index (χ3v) is 14.4. The molecule has 1 unspecified atom stereocenters. The lowest BCUT2D eigenvalue weighted by Gasteiger charge is -2.18. The molecule has 0 heterocycles. The summed E-state index contributed by atoms with van der Waals surface area (Å²) in [6.45, 7) is 6.55. The summed E-state index contributed by atoms with van der Waals surface area (Å²) in [6, 6.07) is 0. The number of rotatable bonds is 60. The van der Waals surface area contributed by atoms with E-state index >= 15 is 0 Å². The van der Waals surface area contributed by atoms with Crippen LogP contribution in [0.2, 0.25) is 0 Å². The standard InChI is InChI=1S/C71H124O6/c1-4-7-10-13-16-19-22-25-27-29-31-32-33-34-35-36-37-38-39-40-41-43-44-46-49-52-55-58-61-64-70(73)76-67-68(66-75-69(72)63-60-57-54-51-48-24-21-18-15-12-9-6-3)77-71(74)65-62-59-56-53-50-47-45-42-30-28-26-23-20-17-14-11-8-5-2/h7,10,16,19,25,27-28,30-32,34-35,37-38,68H,4-6,8-9,11-15,17-18,20-24,26,29,33,36,39-67H2,1-3H3/b10-7-,19-16-,27-25-,30-28-,32-31-,35-34-,38-37-. The van der Waals surface area contributed by atoms with Crippen molar-refractivity contribution in [2.24, 2.45) is 0 Å². The lowest BCUT2D eigenvalue weighted by Crippen LogP contribution is -2.30. The van der Waals surface area contributed by atoms with E-state index in [0.29, 0.717) is 19.3 Å². The maximum absolute atomic E-state index is 12.9. The van der Waals surface area contributed by atoms with Crippen molar-refractivity contribution in [3.63, 3.8) is 0 Å². The summed E-state index contributed by atoms with van der Waals surface area (Å²) in [5.41, 5.74) is 0. The van der Waals surface area contributed by atoms with Crippen molar-refractivity contribution in [2.45, 2.75) is 335 Å². The molecule has 0 N–H and O–H groups in total. The SMILES string of the molecule is CC/C=C\C/C=C\C/C=C\C/C=C\C/C=C\C/C=C\CCCCCCCCCCCCC(=O)OCC(COC(=O)CCCCCCCCCCCCCC)OC(=O)CCCCCCCCC/C=C\CCCCCCCCC. The Hall–Kier alpha value is -3.41. The van der Waals surface area contributed by atoms with Crippen molar-refractivity contribution < 1.29 is 28.6 Å². The molecular formula is C71H124O6. The normalized spacial score (nSPS) is 12.6. The van der Waals surface area contributed by atoms with Crippen LogP contribution in [0.4, 0.5) is 0 Å². The van der Waals surface area contributed by atoms with Crippen LogP contribution in [0.15, 0.2) is 85.1 Å². The van der Waals surface area contributed by atoms with Crippen LogP contribution in [0.5, 0.6) is 0 Å². The highest BCUT2D eigenvalue weighted by Gasteiger charge is 2.19. The van der Waals surface area contributed by atoms with Crippen molar-refractivity contribution in [1.29, 1.82) is 0 Å². The zero-order valence-electron chi connectivity index (χ0n) is 51.0. The molecule has 0 aliphatic heterocycles. The summed E-state index contributed by atoms with van der Waals surface area (Å²) in [4.78, 5) is 38.3. The second kappa shape index (κ2) is 65.1. The van der Waals surface area contributed by atoms with Crippen molar-refractivity contribution in [3.05, 3.63) is 85.1 Å². The predicted octanol–water partition coefficient (Wildman–Crippen LogP) is 22.7. The fourth-order valence-electron chi connectivity index (χ4n) is 9.44. The molecule has 0 rings (SSSR count). The molecule has 0 fully saturated rings. The van der Waals surface area contributed by atoms with E-state index in [2.05, 4.69) is 106 Å². The van der Waals surface area contributed by atoms with Crippen LogP contribution < -0.4 is 0 Å². The molecule has 0 aromatic heterocycles. The van der Waals surface area contributed by atoms with Crippen LogP contribution in [0.25, 0.3) is 0 Å². The first-order valence-corrected chi connectivity index (χ1v) is 33.1. The second-order valence-corrected chi connectivity index (χ2v) is 22.0. The molecule has 77 heavy (non-hydrogen) atoms. The Morgan fingerprint density at radius 3 is 0.805 bits per heavy atom. The fourth-order valence-corrected chi connectivity index (χ4v) is 9.44. The number of hydrogen-bond donors (Lipinski definition) is 0. The molecule has 0 saturated heterocycles. The number of ether oxygens (including phenoxy) is 3. The zero-order valence-corrected chi connectivity index (χ0v) is 51.0. The fraction of sp³-hybridized carbons (Fsp3) is 0.761. The number of unbranched alkanes of at least 4 members (excludes halogenated alkanes) is 35. The highest BCUT2D eigenvalue weighted by Crippen LogP contribution is 2.17. The van der Waals surface area contributed by atoms with Crippen LogP contribution in [0, 0.1) is 0 Å². The first kappa shape index (κ1) is 73.6. The minimum absolute atomic E-state index is 0.0755. The van der Waals surface area contributed by atoms with Gasteiger partial charge in [0.05, 0.1) is 0 Å². The van der Waals surface area contributed by atoms with Gasteiger partial charge < -0.3 is 14.2 Å². The van der Waals surface area contributed by atoms with Gasteiger partial charge in [0.15, 0.2) is 6.10 Å². The van der Waals surface area contributed by atoms with Gasteiger partial charge in [0.2, 0.25) is 0 Å².